The molecule has 0 saturated carbocycles. The number of hydrogen-bond acceptors (Lipinski definition) is 5. The third kappa shape index (κ3) is 6.36. The molecular formula is C26H35NO5S. The van der Waals surface area contributed by atoms with Gasteiger partial charge in [0.25, 0.3) is 0 Å². The van der Waals surface area contributed by atoms with Gasteiger partial charge in [0.2, 0.25) is 10.0 Å². The van der Waals surface area contributed by atoms with E-state index in [1.165, 1.54) is 4.31 Å². The van der Waals surface area contributed by atoms with Crippen LogP contribution < -0.4 is 4.74 Å². The average Bonchev–Trinajstić information content (AvgIpc) is 2.89. The highest BCUT2D eigenvalue weighted by Gasteiger charge is 2.31. The summed E-state index contributed by atoms with van der Waals surface area (Å²) in [6, 6.07) is 12.9. The second kappa shape index (κ2) is 11.2. The fraction of sp³-hybridized carbons (Fsp3) is 0.500. The molecule has 1 aliphatic heterocycles. The smallest absolute Gasteiger partial charge is 0.306 e. The van der Waals surface area contributed by atoms with Crippen LogP contribution in [0.4, 0.5) is 0 Å². The van der Waals surface area contributed by atoms with Crippen LogP contribution in [0.15, 0.2) is 47.4 Å². The van der Waals surface area contributed by atoms with E-state index in [4.69, 9.17) is 9.47 Å². The molecule has 33 heavy (non-hydrogen) atoms. The Labute approximate surface area is 198 Å². The van der Waals surface area contributed by atoms with E-state index in [-0.39, 0.29) is 29.9 Å². The number of sulfonamides is 1. The van der Waals surface area contributed by atoms with Crippen LogP contribution >= 0.6 is 0 Å². The molecule has 0 saturated heterocycles. The molecule has 0 N–H and O–H groups in total. The Morgan fingerprint density at radius 1 is 1.15 bits per heavy atom. The minimum absolute atomic E-state index is 0.0376. The lowest BCUT2D eigenvalue weighted by atomic mass is 9.87. The number of rotatable bonds is 9. The van der Waals surface area contributed by atoms with E-state index in [0.717, 1.165) is 29.5 Å². The van der Waals surface area contributed by atoms with Crippen LogP contribution in [0.1, 0.15) is 62.6 Å². The molecule has 0 radical (unpaired) electrons. The molecule has 0 aromatic heterocycles. The van der Waals surface area contributed by atoms with Gasteiger partial charge in [-0.05, 0) is 60.9 Å². The standard InChI is InChI=1S/C26H35NO5S/c1-5-31-26(28)17-22(12-10-19(2)3)21-13-11-20(4)23(16-21)18-27-14-15-32-24-8-6-7-9-25(24)33(27,29)30/h6-9,11,13,16,19,22H,5,10,12,14-15,17-18H2,1-4H3. The zero-order valence-corrected chi connectivity index (χ0v) is 20.9. The van der Waals surface area contributed by atoms with Crippen LogP contribution in [0.3, 0.4) is 0 Å². The first-order valence-electron chi connectivity index (χ1n) is 11.7. The predicted molar refractivity (Wildman–Crippen MR) is 129 cm³/mol. The SMILES string of the molecule is CCOC(=O)CC(CCC(C)C)c1ccc(C)c(CN2CCOc3ccccc3S2(=O)=O)c1. The molecule has 1 atom stereocenters. The van der Waals surface area contributed by atoms with E-state index in [1.54, 1.807) is 24.3 Å². The van der Waals surface area contributed by atoms with Crippen LogP contribution in [0.25, 0.3) is 0 Å². The lowest BCUT2D eigenvalue weighted by molar-refractivity contribution is -0.143. The monoisotopic (exact) mass is 473 g/mol. The van der Waals surface area contributed by atoms with E-state index >= 15 is 0 Å². The van der Waals surface area contributed by atoms with Gasteiger partial charge in [-0.1, -0.05) is 50.6 Å². The van der Waals surface area contributed by atoms with Crippen molar-refractivity contribution in [1.29, 1.82) is 0 Å². The topological polar surface area (TPSA) is 72.9 Å². The lowest BCUT2D eigenvalue weighted by Crippen LogP contribution is -2.32. The van der Waals surface area contributed by atoms with Crippen molar-refractivity contribution in [3.8, 4) is 5.75 Å². The van der Waals surface area contributed by atoms with Gasteiger partial charge in [-0.3, -0.25) is 4.79 Å². The van der Waals surface area contributed by atoms with Crippen molar-refractivity contribution in [2.75, 3.05) is 19.8 Å². The first-order chi connectivity index (χ1) is 15.7. The molecule has 1 unspecified atom stereocenters. The number of esters is 1. The molecule has 1 aliphatic rings. The van der Waals surface area contributed by atoms with Crippen molar-refractivity contribution in [1.82, 2.24) is 4.31 Å². The molecule has 0 bridgehead atoms. The molecule has 3 rings (SSSR count). The lowest BCUT2D eigenvalue weighted by Gasteiger charge is -2.23. The molecule has 2 aromatic carbocycles. The first kappa shape index (κ1) is 25.2. The van der Waals surface area contributed by atoms with Crippen LogP contribution in [0, 0.1) is 12.8 Å². The third-order valence-electron chi connectivity index (χ3n) is 6.07. The van der Waals surface area contributed by atoms with E-state index in [0.29, 0.717) is 31.3 Å². The predicted octanol–water partition coefficient (Wildman–Crippen LogP) is 5.05. The molecule has 0 amide bonds. The Hall–Kier alpha value is -2.38. The van der Waals surface area contributed by atoms with E-state index in [9.17, 15) is 13.2 Å². The zero-order chi connectivity index (χ0) is 24.0. The highest BCUT2D eigenvalue weighted by molar-refractivity contribution is 7.89. The Morgan fingerprint density at radius 2 is 1.91 bits per heavy atom. The number of hydrogen-bond donors (Lipinski definition) is 0. The van der Waals surface area contributed by atoms with Crippen molar-refractivity contribution in [2.24, 2.45) is 5.92 Å². The number of fused-ring (bicyclic) bond motifs is 1. The summed E-state index contributed by atoms with van der Waals surface area (Å²) < 4.78 is 39.1. The van der Waals surface area contributed by atoms with Crippen molar-refractivity contribution < 1.29 is 22.7 Å². The van der Waals surface area contributed by atoms with Gasteiger partial charge in [-0.25, -0.2) is 8.42 Å². The maximum Gasteiger partial charge on any atom is 0.306 e. The quantitative estimate of drug-likeness (QED) is 0.477. The van der Waals surface area contributed by atoms with Gasteiger partial charge < -0.3 is 9.47 Å². The van der Waals surface area contributed by atoms with Gasteiger partial charge in [0.05, 0.1) is 13.0 Å². The molecule has 180 valence electrons. The van der Waals surface area contributed by atoms with Crippen molar-refractivity contribution in [3.05, 3.63) is 59.2 Å². The van der Waals surface area contributed by atoms with E-state index in [1.807, 2.05) is 19.9 Å². The average molecular weight is 474 g/mol. The summed E-state index contributed by atoms with van der Waals surface area (Å²) in [7, 11) is -3.68. The van der Waals surface area contributed by atoms with Crippen molar-refractivity contribution >= 4 is 16.0 Å². The number of carbonyl (C=O) groups excluding carboxylic acids is 1. The van der Waals surface area contributed by atoms with Crippen molar-refractivity contribution in [2.45, 2.75) is 64.3 Å². The molecule has 7 heteroatoms. The summed E-state index contributed by atoms with van der Waals surface area (Å²) in [6.07, 6.45) is 2.20. The summed E-state index contributed by atoms with van der Waals surface area (Å²) >= 11 is 0. The van der Waals surface area contributed by atoms with Crippen LogP contribution in [-0.2, 0) is 26.1 Å². The van der Waals surface area contributed by atoms with E-state index in [2.05, 4.69) is 26.0 Å². The minimum Gasteiger partial charge on any atom is -0.491 e. The van der Waals surface area contributed by atoms with Gasteiger partial charge in [-0.2, -0.15) is 4.31 Å². The summed E-state index contributed by atoms with van der Waals surface area (Å²) in [5.74, 6) is 0.767. The number of nitrogens with zero attached hydrogens (tertiary/aromatic N) is 1. The number of carbonyl (C=O) groups is 1. The third-order valence-corrected chi connectivity index (χ3v) is 7.95. The largest absolute Gasteiger partial charge is 0.491 e. The van der Waals surface area contributed by atoms with Crippen LogP contribution in [-0.4, -0.2) is 38.5 Å². The normalized spacial score (nSPS) is 16.5. The van der Waals surface area contributed by atoms with E-state index < -0.39 is 10.0 Å². The molecule has 6 nitrogen and oxygen atoms in total. The van der Waals surface area contributed by atoms with Gasteiger partial charge in [-0.15, -0.1) is 0 Å². The molecule has 2 aromatic rings. The highest BCUT2D eigenvalue weighted by atomic mass is 32.2. The second-order valence-electron chi connectivity index (χ2n) is 9.00. The maximum atomic E-state index is 13.3. The summed E-state index contributed by atoms with van der Waals surface area (Å²) in [5, 5.41) is 0. The van der Waals surface area contributed by atoms with Gasteiger partial charge in [0, 0.05) is 13.1 Å². The van der Waals surface area contributed by atoms with Gasteiger partial charge in [0.15, 0.2) is 0 Å². The Kier molecular flexibility index (Phi) is 8.54. The number of aryl methyl sites for hydroxylation is 1. The summed E-state index contributed by atoms with van der Waals surface area (Å²) in [5.41, 5.74) is 3.01. The van der Waals surface area contributed by atoms with Crippen molar-refractivity contribution in [3.63, 3.8) is 0 Å². The molecule has 0 fully saturated rings. The maximum absolute atomic E-state index is 13.3. The minimum atomic E-state index is -3.68. The fourth-order valence-electron chi connectivity index (χ4n) is 4.11. The van der Waals surface area contributed by atoms with Crippen LogP contribution in [0.5, 0.6) is 5.75 Å². The highest BCUT2D eigenvalue weighted by Crippen LogP contribution is 2.32. The molecule has 0 aliphatic carbocycles. The van der Waals surface area contributed by atoms with Crippen LogP contribution in [0.2, 0.25) is 0 Å². The second-order valence-corrected chi connectivity index (χ2v) is 10.9. The summed E-state index contributed by atoms with van der Waals surface area (Å²) in [6.45, 7) is 9.35. The Bertz CT molecular complexity index is 1060. The number of benzene rings is 2. The number of ether oxygens (including phenoxy) is 2. The Morgan fingerprint density at radius 3 is 2.64 bits per heavy atom. The summed E-state index contributed by atoms with van der Waals surface area (Å²) in [4.78, 5) is 12.5. The fourth-order valence-corrected chi connectivity index (χ4v) is 5.64. The Balaban J connectivity index is 1.89. The molecular weight excluding hydrogens is 438 g/mol. The molecule has 0 spiro atoms. The first-order valence-corrected chi connectivity index (χ1v) is 13.1. The number of para-hydroxylation sites is 1. The molecule has 1 heterocycles. The zero-order valence-electron chi connectivity index (χ0n) is 20.0. The van der Waals surface area contributed by atoms with Gasteiger partial charge in [0.1, 0.15) is 17.3 Å². The van der Waals surface area contributed by atoms with Gasteiger partial charge >= 0.3 is 5.97 Å².